The Kier molecular flexibility index (Phi) is 7.76. The fourth-order valence-electron chi connectivity index (χ4n) is 5.04. The van der Waals surface area contributed by atoms with E-state index in [1.165, 1.54) is 5.56 Å². The van der Waals surface area contributed by atoms with Crippen molar-refractivity contribution in [2.45, 2.75) is 51.6 Å². The molecule has 1 unspecified atom stereocenters. The first-order chi connectivity index (χ1) is 15.6. The molecule has 1 aromatic carbocycles. The van der Waals surface area contributed by atoms with Crippen LogP contribution in [0.3, 0.4) is 0 Å². The number of piperidine rings is 1. The summed E-state index contributed by atoms with van der Waals surface area (Å²) < 4.78 is 0. The highest BCUT2D eigenvalue weighted by atomic mass is 16.2. The maximum atomic E-state index is 13.1. The molecule has 0 bridgehead atoms. The first-order valence-electron chi connectivity index (χ1n) is 12.1. The number of likely N-dealkylation sites (tertiary alicyclic amines) is 2. The van der Waals surface area contributed by atoms with E-state index < -0.39 is 0 Å². The van der Waals surface area contributed by atoms with Crippen LogP contribution >= 0.6 is 0 Å². The number of aromatic amines is 1. The van der Waals surface area contributed by atoms with Gasteiger partial charge in [0.2, 0.25) is 0 Å². The second kappa shape index (κ2) is 10.9. The number of nitrogens with zero attached hydrogens (tertiary/aromatic N) is 3. The van der Waals surface area contributed by atoms with Gasteiger partial charge in [0.1, 0.15) is 5.69 Å². The topological polar surface area (TPSA) is 59.7 Å². The number of hydrogen-bond donors (Lipinski definition) is 1. The number of hydrogen-bond acceptors (Lipinski definition) is 4. The Balaban J connectivity index is 1.37. The number of rotatable bonds is 9. The van der Waals surface area contributed by atoms with E-state index in [9.17, 15) is 9.59 Å². The third-order valence-electron chi connectivity index (χ3n) is 6.73. The normalized spacial score (nSPS) is 19.6. The van der Waals surface area contributed by atoms with Crippen molar-refractivity contribution in [3.63, 3.8) is 0 Å². The van der Waals surface area contributed by atoms with Crippen molar-refractivity contribution in [2.24, 2.45) is 0 Å². The van der Waals surface area contributed by atoms with Crippen molar-refractivity contribution in [3.05, 3.63) is 59.4 Å². The van der Waals surface area contributed by atoms with E-state index in [1.54, 1.807) is 12.3 Å². The molecular weight excluding hydrogens is 400 g/mol. The minimum absolute atomic E-state index is 0.01000. The molecule has 0 radical (unpaired) electrons. The van der Waals surface area contributed by atoms with Crippen LogP contribution in [-0.4, -0.2) is 76.7 Å². The van der Waals surface area contributed by atoms with E-state index in [4.69, 9.17) is 0 Å². The number of nitrogens with one attached hydrogen (secondary N) is 1. The summed E-state index contributed by atoms with van der Waals surface area (Å²) in [6.07, 6.45) is 7.14. The van der Waals surface area contributed by atoms with E-state index in [-0.39, 0.29) is 11.7 Å². The Hall–Kier alpha value is -2.44. The number of carbonyl (C=O) groups is 2. The molecule has 3 heterocycles. The van der Waals surface area contributed by atoms with Crippen LogP contribution in [0.4, 0.5) is 0 Å². The fraction of sp³-hybridized carbons (Fsp3) is 0.538. The van der Waals surface area contributed by atoms with Gasteiger partial charge in [0, 0.05) is 44.0 Å². The molecule has 6 heteroatoms. The van der Waals surface area contributed by atoms with E-state index >= 15 is 0 Å². The van der Waals surface area contributed by atoms with Crippen molar-refractivity contribution in [3.8, 4) is 0 Å². The van der Waals surface area contributed by atoms with Gasteiger partial charge in [-0.15, -0.1) is 0 Å². The van der Waals surface area contributed by atoms with Crippen LogP contribution in [0.2, 0.25) is 0 Å². The lowest BCUT2D eigenvalue weighted by atomic mass is 10.0. The van der Waals surface area contributed by atoms with Gasteiger partial charge in [0.25, 0.3) is 5.91 Å². The van der Waals surface area contributed by atoms with Crippen LogP contribution in [-0.2, 0) is 6.54 Å². The summed E-state index contributed by atoms with van der Waals surface area (Å²) in [5.41, 5.74) is 2.49. The summed E-state index contributed by atoms with van der Waals surface area (Å²) in [5.74, 6) is 0.103. The third-order valence-corrected chi connectivity index (χ3v) is 6.73. The zero-order chi connectivity index (χ0) is 22.3. The predicted molar refractivity (Wildman–Crippen MR) is 127 cm³/mol. The third kappa shape index (κ3) is 5.67. The molecule has 6 nitrogen and oxygen atoms in total. The van der Waals surface area contributed by atoms with Crippen molar-refractivity contribution in [2.75, 3.05) is 39.3 Å². The maximum Gasteiger partial charge on any atom is 0.270 e. The second-order valence-corrected chi connectivity index (χ2v) is 9.21. The molecule has 0 saturated carbocycles. The number of benzene rings is 1. The Morgan fingerprint density at radius 2 is 1.88 bits per heavy atom. The first kappa shape index (κ1) is 22.7. The van der Waals surface area contributed by atoms with E-state index in [0.29, 0.717) is 23.8 Å². The van der Waals surface area contributed by atoms with Crippen molar-refractivity contribution >= 4 is 11.7 Å². The quantitative estimate of drug-likeness (QED) is 0.608. The summed E-state index contributed by atoms with van der Waals surface area (Å²) in [6.45, 7) is 8.19. The molecule has 0 spiro atoms. The second-order valence-electron chi connectivity index (χ2n) is 9.21. The molecule has 172 valence electrons. The highest BCUT2D eigenvalue weighted by Gasteiger charge is 2.27. The lowest BCUT2D eigenvalue weighted by Gasteiger charge is -2.39. The van der Waals surface area contributed by atoms with Crippen LogP contribution in [0.1, 0.15) is 65.4 Å². The van der Waals surface area contributed by atoms with Crippen LogP contribution in [0.5, 0.6) is 0 Å². The summed E-state index contributed by atoms with van der Waals surface area (Å²) in [4.78, 5) is 35.5. The minimum Gasteiger partial charge on any atom is -0.356 e. The molecular formula is C26H36N4O2. The molecule has 2 fully saturated rings. The van der Waals surface area contributed by atoms with Gasteiger partial charge in [-0.1, -0.05) is 37.3 Å². The lowest BCUT2D eigenvalue weighted by molar-refractivity contribution is 0.0736. The average Bonchev–Trinajstić information content (AvgIpc) is 3.52. The number of ketones is 1. The van der Waals surface area contributed by atoms with Crippen molar-refractivity contribution in [1.29, 1.82) is 0 Å². The van der Waals surface area contributed by atoms with Gasteiger partial charge in [0.05, 0.1) is 6.54 Å². The van der Waals surface area contributed by atoms with E-state index in [0.717, 1.165) is 71.4 Å². The van der Waals surface area contributed by atoms with Crippen LogP contribution in [0.15, 0.2) is 42.6 Å². The molecule has 1 aromatic heterocycles. The number of amides is 1. The maximum absolute atomic E-state index is 13.1. The number of Topliss-reactive ketones (excluding diaryl/α,β-unsaturated/α-hetero) is 1. The van der Waals surface area contributed by atoms with Gasteiger partial charge < -0.3 is 9.88 Å². The summed E-state index contributed by atoms with van der Waals surface area (Å²) in [6, 6.07) is 12.8. The molecule has 2 saturated heterocycles. The first-order valence-corrected chi connectivity index (χ1v) is 12.1. The lowest BCUT2D eigenvalue weighted by Crippen LogP contribution is -2.49. The van der Waals surface area contributed by atoms with Crippen LogP contribution in [0, 0.1) is 0 Å². The van der Waals surface area contributed by atoms with Crippen molar-refractivity contribution in [1.82, 2.24) is 19.7 Å². The Morgan fingerprint density at radius 1 is 1.09 bits per heavy atom. The Morgan fingerprint density at radius 3 is 2.62 bits per heavy atom. The molecule has 0 aliphatic carbocycles. The molecule has 2 aliphatic rings. The van der Waals surface area contributed by atoms with E-state index in [1.807, 2.05) is 4.90 Å². The molecule has 32 heavy (non-hydrogen) atoms. The summed E-state index contributed by atoms with van der Waals surface area (Å²) in [7, 11) is 0. The Labute approximate surface area is 191 Å². The largest absolute Gasteiger partial charge is 0.356 e. The smallest absolute Gasteiger partial charge is 0.270 e. The molecule has 1 atom stereocenters. The number of aromatic nitrogens is 1. The molecule has 1 amide bonds. The Bertz CT molecular complexity index is 888. The van der Waals surface area contributed by atoms with Crippen molar-refractivity contribution < 1.29 is 9.59 Å². The molecule has 2 aliphatic heterocycles. The van der Waals surface area contributed by atoms with Gasteiger partial charge >= 0.3 is 0 Å². The van der Waals surface area contributed by atoms with Crippen LogP contribution in [0.25, 0.3) is 0 Å². The molecule has 2 aromatic rings. The fourth-order valence-corrected chi connectivity index (χ4v) is 5.04. The zero-order valence-corrected chi connectivity index (χ0v) is 19.3. The standard InChI is InChI=1S/C26H36N4O2/c1-2-12-30(23-11-8-13-28(19-23)18-21-9-4-3-5-10-21)20-25(31)22-16-24(27-17-22)26(32)29-14-6-7-15-29/h3-5,9-10,16-17,23,27H,2,6-8,11-15,18-20H2,1H3. The highest BCUT2D eigenvalue weighted by Crippen LogP contribution is 2.20. The SMILES string of the molecule is CCCN(CC(=O)c1c[nH]c(C(=O)N2CCCC2)c1)C1CCCN(Cc2ccccc2)C1. The minimum atomic E-state index is 0.01000. The number of carbonyl (C=O) groups excluding carboxylic acids is 2. The van der Waals surface area contributed by atoms with Gasteiger partial charge in [0.15, 0.2) is 5.78 Å². The van der Waals surface area contributed by atoms with Gasteiger partial charge in [-0.3, -0.25) is 19.4 Å². The number of H-pyrrole nitrogens is 1. The van der Waals surface area contributed by atoms with Gasteiger partial charge in [-0.2, -0.15) is 0 Å². The predicted octanol–water partition coefficient (Wildman–Crippen LogP) is 3.81. The molecule has 1 N–H and O–H groups in total. The zero-order valence-electron chi connectivity index (χ0n) is 19.3. The molecule has 4 rings (SSSR count). The van der Waals surface area contributed by atoms with Gasteiger partial charge in [-0.05, 0) is 56.8 Å². The monoisotopic (exact) mass is 436 g/mol. The van der Waals surface area contributed by atoms with E-state index in [2.05, 4.69) is 52.0 Å². The summed E-state index contributed by atoms with van der Waals surface area (Å²) >= 11 is 0. The van der Waals surface area contributed by atoms with Gasteiger partial charge in [-0.25, -0.2) is 0 Å². The van der Waals surface area contributed by atoms with Crippen LogP contribution < -0.4 is 0 Å². The average molecular weight is 437 g/mol. The highest BCUT2D eigenvalue weighted by molar-refractivity contribution is 6.01. The summed E-state index contributed by atoms with van der Waals surface area (Å²) in [5, 5.41) is 0.